The summed E-state index contributed by atoms with van der Waals surface area (Å²) in [6, 6.07) is 6.67. The predicted molar refractivity (Wildman–Crippen MR) is 71.6 cm³/mol. The molecule has 5 heteroatoms. The van der Waals surface area contributed by atoms with Crippen molar-refractivity contribution >= 4 is 10.0 Å². The Morgan fingerprint density at radius 1 is 1.44 bits per heavy atom. The molecule has 0 spiro atoms. The first kappa shape index (κ1) is 13.5. The Hall–Kier alpha value is -0.910. The lowest BCUT2D eigenvalue weighted by molar-refractivity contribution is 0.316. The van der Waals surface area contributed by atoms with Gasteiger partial charge in [0.05, 0.1) is 4.90 Å². The minimum absolute atomic E-state index is 0.160. The van der Waals surface area contributed by atoms with Crippen molar-refractivity contribution < 1.29 is 8.42 Å². The van der Waals surface area contributed by atoms with E-state index < -0.39 is 10.0 Å². The molecule has 0 amide bonds. The largest absolute Gasteiger partial charge is 0.324 e. The summed E-state index contributed by atoms with van der Waals surface area (Å²) in [5, 5.41) is 0. The van der Waals surface area contributed by atoms with Gasteiger partial charge >= 0.3 is 0 Å². The Labute approximate surface area is 109 Å². The molecule has 0 saturated heterocycles. The standard InChI is InChI=1S/C13H20N2O2S/c1-10(14)12-6-3-7-13(8-12)18(16,17)15-9-11-4-2-5-11/h3,6-8,10-11,15H,2,4-5,9,14H2,1H3. The molecule has 100 valence electrons. The fourth-order valence-corrected chi connectivity index (χ4v) is 3.14. The summed E-state index contributed by atoms with van der Waals surface area (Å²) in [4.78, 5) is 0.302. The van der Waals surface area contributed by atoms with Crippen LogP contribution in [-0.4, -0.2) is 15.0 Å². The Morgan fingerprint density at radius 2 is 2.17 bits per heavy atom. The van der Waals surface area contributed by atoms with Crippen LogP contribution in [0.5, 0.6) is 0 Å². The van der Waals surface area contributed by atoms with Crippen LogP contribution in [0.3, 0.4) is 0 Å². The average molecular weight is 268 g/mol. The Kier molecular flexibility index (Phi) is 4.04. The van der Waals surface area contributed by atoms with Crippen LogP contribution in [0.15, 0.2) is 29.2 Å². The van der Waals surface area contributed by atoms with Gasteiger partial charge in [-0.15, -0.1) is 0 Å². The van der Waals surface area contributed by atoms with E-state index in [0.29, 0.717) is 17.4 Å². The van der Waals surface area contributed by atoms with Crippen molar-refractivity contribution in [3.63, 3.8) is 0 Å². The third-order valence-corrected chi connectivity index (χ3v) is 4.90. The van der Waals surface area contributed by atoms with Gasteiger partial charge in [0.15, 0.2) is 0 Å². The third-order valence-electron chi connectivity index (χ3n) is 3.48. The zero-order valence-electron chi connectivity index (χ0n) is 10.6. The van der Waals surface area contributed by atoms with E-state index in [1.54, 1.807) is 18.2 Å². The highest BCUT2D eigenvalue weighted by Crippen LogP contribution is 2.26. The highest BCUT2D eigenvalue weighted by atomic mass is 32.2. The lowest BCUT2D eigenvalue weighted by atomic mass is 9.86. The van der Waals surface area contributed by atoms with Crippen molar-refractivity contribution in [1.82, 2.24) is 4.72 Å². The summed E-state index contributed by atoms with van der Waals surface area (Å²) >= 11 is 0. The van der Waals surface area contributed by atoms with Gasteiger partial charge in [0.25, 0.3) is 0 Å². The molecule has 1 aliphatic rings. The van der Waals surface area contributed by atoms with Gasteiger partial charge in [-0.05, 0) is 43.4 Å². The second-order valence-corrected chi connectivity index (χ2v) is 6.78. The van der Waals surface area contributed by atoms with Crippen LogP contribution in [0.4, 0.5) is 0 Å². The van der Waals surface area contributed by atoms with Gasteiger partial charge in [-0.2, -0.15) is 0 Å². The third kappa shape index (κ3) is 3.10. The summed E-state index contributed by atoms with van der Waals surface area (Å²) in [5.74, 6) is 0.511. The molecule has 18 heavy (non-hydrogen) atoms. The molecule has 0 bridgehead atoms. The van der Waals surface area contributed by atoms with Gasteiger partial charge in [0.2, 0.25) is 10.0 Å². The normalized spacial score (nSPS) is 18.3. The maximum atomic E-state index is 12.1. The van der Waals surface area contributed by atoms with E-state index in [9.17, 15) is 8.42 Å². The molecule has 3 N–H and O–H groups in total. The number of sulfonamides is 1. The molecule has 1 fully saturated rings. The minimum atomic E-state index is -3.39. The lowest BCUT2D eigenvalue weighted by Crippen LogP contribution is -2.32. The van der Waals surface area contributed by atoms with Gasteiger partial charge in [-0.1, -0.05) is 18.6 Å². The van der Waals surface area contributed by atoms with Crippen LogP contribution in [-0.2, 0) is 10.0 Å². The van der Waals surface area contributed by atoms with E-state index in [4.69, 9.17) is 5.73 Å². The SMILES string of the molecule is CC(N)c1cccc(S(=O)(=O)NCC2CCC2)c1. The maximum Gasteiger partial charge on any atom is 0.240 e. The molecule has 2 rings (SSSR count). The molecule has 1 aliphatic carbocycles. The van der Waals surface area contributed by atoms with Gasteiger partial charge in [0, 0.05) is 12.6 Å². The number of nitrogens with two attached hydrogens (primary N) is 1. The van der Waals surface area contributed by atoms with Crippen molar-refractivity contribution in [2.45, 2.75) is 37.1 Å². The second-order valence-electron chi connectivity index (χ2n) is 5.01. The van der Waals surface area contributed by atoms with E-state index >= 15 is 0 Å². The Balaban J connectivity index is 2.10. The first-order valence-corrected chi connectivity index (χ1v) is 7.82. The number of hydrogen-bond acceptors (Lipinski definition) is 3. The van der Waals surface area contributed by atoms with Crippen LogP contribution in [0, 0.1) is 5.92 Å². The number of nitrogens with one attached hydrogen (secondary N) is 1. The van der Waals surface area contributed by atoms with Crippen molar-refractivity contribution in [1.29, 1.82) is 0 Å². The van der Waals surface area contributed by atoms with Crippen LogP contribution >= 0.6 is 0 Å². The van der Waals surface area contributed by atoms with E-state index in [-0.39, 0.29) is 6.04 Å². The van der Waals surface area contributed by atoms with Crippen molar-refractivity contribution in [2.24, 2.45) is 11.7 Å². The van der Waals surface area contributed by atoms with E-state index in [2.05, 4.69) is 4.72 Å². The first-order valence-electron chi connectivity index (χ1n) is 6.34. The Bertz CT molecular complexity index is 507. The van der Waals surface area contributed by atoms with Gasteiger partial charge in [-0.25, -0.2) is 13.1 Å². The fourth-order valence-electron chi connectivity index (χ4n) is 1.97. The summed E-state index contributed by atoms with van der Waals surface area (Å²) in [5.41, 5.74) is 6.60. The van der Waals surface area contributed by atoms with Crippen LogP contribution in [0.25, 0.3) is 0 Å². The van der Waals surface area contributed by atoms with E-state index in [1.165, 1.54) is 6.42 Å². The maximum absolute atomic E-state index is 12.1. The number of rotatable bonds is 5. The molecular weight excluding hydrogens is 248 g/mol. The lowest BCUT2D eigenvalue weighted by Gasteiger charge is -2.25. The van der Waals surface area contributed by atoms with Crippen molar-refractivity contribution in [3.05, 3.63) is 29.8 Å². The molecule has 4 nitrogen and oxygen atoms in total. The summed E-state index contributed by atoms with van der Waals surface area (Å²) in [7, 11) is -3.39. The number of hydrogen-bond donors (Lipinski definition) is 2. The van der Waals surface area contributed by atoms with E-state index in [1.807, 2.05) is 13.0 Å². The van der Waals surface area contributed by atoms with Gasteiger partial charge < -0.3 is 5.73 Å². The molecule has 0 aromatic heterocycles. The zero-order chi connectivity index (χ0) is 13.2. The van der Waals surface area contributed by atoms with Gasteiger partial charge in [0.1, 0.15) is 0 Å². The molecule has 0 heterocycles. The van der Waals surface area contributed by atoms with Crippen molar-refractivity contribution in [2.75, 3.05) is 6.54 Å². The molecule has 0 aliphatic heterocycles. The zero-order valence-corrected chi connectivity index (χ0v) is 11.4. The molecule has 1 unspecified atom stereocenters. The molecule has 1 aromatic rings. The second kappa shape index (κ2) is 5.38. The smallest absolute Gasteiger partial charge is 0.240 e. The van der Waals surface area contributed by atoms with Crippen LogP contribution in [0.1, 0.15) is 37.8 Å². The highest BCUT2D eigenvalue weighted by Gasteiger charge is 2.21. The summed E-state index contributed by atoms with van der Waals surface area (Å²) in [6.07, 6.45) is 3.47. The minimum Gasteiger partial charge on any atom is -0.324 e. The van der Waals surface area contributed by atoms with Gasteiger partial charge in [-0.3, -0.25) is 0 Å². The predicted octanol–water partition coefficient (Wildman–Crippen LogP) is 1.78. The molecule has 0 radical (unpaired) electrons. The number of benzene rings is 1. The molecule has 1 aromatic carbocycles. The summed E-state index contributed by atoms with van der Waals surface area (Å²) in [6.45, 7) is 2.39. The topological polar surface area (TPSA) is 72.2 Å². The fraction of sp³-hybridized carbons (Fsp3) is 0.538. The molecule has 1 saturated carbocycles. The first-order chi connectivity index (χ1) is 8.49. The monoisotopic (exact) mass is 268 g/mol. The van der Waals surface area contributed by atoms with Crippen LogP contribution in [0.2, 0.25) is 0 Å². The molecular formula is C13H20N2O2S. The summed E-state index contributed by atoms with van der Waals surface area (Å²) < 4.78 is 26.9. The van der Waals surface area contributed by atoms with Crippen molar-refractivity contribution in [3.8, 4) is 0 Å². The van der Waals surface area contributed by atoms with E-state index in [0.717, 1.165) is 18.4 Å². The highest BCUT2D eigenvalue weighted by molar-refractivity contribution is 7.89. The average Bonchev–Trinajstić information content (AvgIpc) is 2.27. The Morgan fingerprint density at radius 3 is 2.72 bits per heavy atom. The van der Waals surface area contributed by atoms with Crippen LogP contribution < -0.4 is 10.5 Å². The molecule has 1 atom stereocenters. The quantitative estimate of drug-likeness (QED) is 0.855.